The van der Waals surface area contributed by atoms with Crippen LogP contribution in [0.4, 0.5) is 0 Å². The van der Waals surface area contributed by atoms with E-state index in [-0.39, 0.29) is 0 Å². The molecule has 1 rings (SSSR count). The summed E-state index contributed by atoms with van der Waals surface area (Å²) in [5, 5.41) is 7.95. The fourth-order valence-electron chi connectivity index (χ4n) is 1.43. The summed E-state index contributed by atoms with van der Waals surface area (Å²) < 4.78 is 2.06. The van der Waals surface area contributed by atoms with Gasteiger partial charge >= 0.3 is 0 Å². The van der Waals surface area contributed by atoms with Crippen LogP contribution in [-0.4, -0.2) is 22.4 Å². The largest absolute Gasteiger partial charge is 0.314 e. The predicted octanol–water partition coefficient (Wildman–Crippen LogP) is 2.39. The standard InChI is InChI=1S/C12H23N3/c1-5-11(4)15-9-7-12(14-15)6-8-13-10(2)3/h7,9-11,13H,5-6,8H2,1-4H3. The number of aromatic nitrogens is 2. The summed E-state index contributed by atoms with van der Waals surface area (Å²) in [5.74, 6) is 0. The van der Waals surface area contributed by atoms with Crippen LogP contribution >= 0.6 is 0 Å². The van der Waals surface area contributed by atoms with Crippen molar-refractivity contribution < 1.29 is 0 Å². The molecule has 1 aromatic rings. The Morgan fingerprint density at radius 3 is 2.73 bits per heavy atom. The molecule has 0 spiro atoms. The van der Waals surface area contributed by atoms with E-state index in [1.807, 2.05) is 0 Å². The molecule has 0 bridgehead atoms. The zero-order valence-corrected chi connectivity index (χ0v) is 10.3. The van der Waals surface area contributed by atoms with Gasteiger partial charge in [-0.2, -0.15) is 5.10 Å². The first kappa shape index (κ1) is 12.2. The lowest BCUT2D eigenvalue weighted by molar-refractivity contribution is 0.472. The molecule has 1 aromatic heterocycles. The first-order valence-corrected chi connectivity index (χ1v) is 5.91. The van der Waals surface area contributed by atoms with E-state index < -0.39 is 0 Å². The van der Waals surface area contributed by atoms with E-state index in [0.29, 0.717) is 12.1 Å². The lowest BCUT2D eigenvalue weighted by Gasteiger charge is -2.08. The summed E-state index contributed by atoms with van der Waals surface area (Å²) >= 11 is 0. The molecule has 0 saturated carbocycles. The Kier molecular flexibility index (Phi) is 4.82. The maximum atomic E-state index is 4.55. The van der Waals surface area contributed by atoms with Gasteiger partial charge in [0.25, 0.3) is 0 Å². The normalized spacial score (nSPS) is 13.4. The van der Waals surface area contributed by atoms with Gasteiger partial charge in [-0.3, -0.25) is 4.68 Å². The van der Waals surface area contributed by atoms with E-state index in [9.17, 15) is 0 Å². The molecule has 1 N–H and O–H groups in total. The number of nitrogens with zero attached hydrogens (tertiary/aromatic N) is 2. The Morgan fingerprint density at radius 2 is 2.13 bits per heavy atom. The molecule has 1 unspecified atom stereocenters. The van der Waals surface area contributed by atoms with Crippen LogP contribution in [-0.2, 0) is 6.42 Å². The molecule has 0 aliphatic rings. The van der Waals surface area contributed by atoms with Gasteiger partial charge in [-0.15, -0.1) is 0 Å². The van der Waals surface area contributed by atoms with Crippen LogP contribution in [0, 0.1) is 0 Å². The summed E-state index contributed by atoms with van der Waals surface area (Å²) in [4.78, 5) is 0. The highest BCUT2D eigenvalue weighted by Gasteiger charge is 2.04. The van der Waals surface area contributed by atoms with Gasteiger partial charge in [-0.25, -0.2) is 0 Å². The van der Waals surface area contributed by atoms with Crippen molar-refractivity contribution in [3.63, 3.8) is 0 Å². The molecule has 1 atom stereocenters. The molecule has 0 aliphatic heterocycles. The van der Waals surface area contributed by atoms with Gasteiger partial charge in [0, 0.05) is 31.2 Å². The van der Waals surface area contributed by atoms with E-state index in [1.165, 1.54) is 5.69 Å². The molecule has 1 heterocycles. The van der Waals surface area contributed by atoms with E-state index in [1.54, 1.807) is 0 Å². The number of rotatable bonds is 6. The zero-order valence-electron chi connectivity index (χ0n) is 10.3. The van der Waals surface area contributed by atoms with Crippen LogP contribution in [0.25, 0.3) is 0 Å². The van der Waals surface area contributed by atoms with E-state index in [2.05, 4.69) is 55.1 Å². The van der Waals surface area contributed by atoms with Crippen LogP contribution in [0.1, 0.15) is 45.9 Å². The maximum absolute atomic E-state index is 4.55. The van der Waals surface area contributed by atoms with Gasteiger partial charge < -0.3 is 5.32 Å². The Hall–Kier alpha value is -0.830. The first-order chi connectivity index (χ1) is 7.13. The van der Waals surface area contributed by atoms with Crippen LogP contribution < -0.4 is 5.32 Å². The molecule has 0 radical (unpaired) electrons. The fraction of sp³-hybridized carbons (Fsp3) is 0.750. The Morgan fingerprint density at radius 1 is 1.40 bits per heavy atom. The molecular weight excluding hydrogens is 186 g/mol. The third-order valence-corrected chi connectivity index (χ3v) is 2.64. The lowest BCUT2D eigenvalue weighted by Crippen LogP contribution is -2.25. The molecule has 3 nitrogen and oxygen atoms in total. The van der Waals surface area contributed by atoms with Gasteiger partial charge in [0.05, 0.1) is 5.69 Å². The summed E-state index contributed by atoms with van der Waals surface area (Å²) in [7, 11) is 0. The van der Waals surface area contributed by atoms with Gasteiger partial charge in [-0.05, 0) is 19.4 Å². The molecule has 0 saturated heterocycles. The van der Waals surface area contributed by atoms with E-state index >= 15 is 0 Å². The van der Waals surface area contributed by atoms with Crippen LogP contribution in [0.5, 0.6) is 0 Å². The van der Waals surface area contributed by atoms with Crippen molar-refractivity contribution in [1.82, 2.24) is 15.1 Å². The maximum Gasteiger partial charge on any atom is 0.0637 e. The van der Waals surface area contributed by atoms with Crippen molar-refractivity contribution in [2.75, 3.05) is 6.54 Å². The lowest BCUT2D eigenvalue weighted by atomic mass is 10.3. The summed E-state index contributed by atoms with van der Waals surface area (Å²) in [5.41, 5.74) is 1.18. The molecule has 0 aliphatic carbocycles. The number of hydrogen-bond donors (Lipinski definition) is 1. The smallest absolute Gasteiger partial charge is 0.0637 e. The van der Waals surface area contributed by atoms with E-state index in [0.717, 1.165) is 19.4 Å². The predicted molar refractivity (Wildman–Crippen MR) is 64.1 cm³/mol. The topological polar surface area (TPSA) is 29.9 Å². The SMILES string of the molecule is CCC(C)n1ccc(CCNC(C)C)n1. The second kappa shape index (κ2) is 5.91. The van der Waals surface area contributed by atoms with Gasteiger partial charge in [0.15, 0.2) is 0 Å². The minimum absolute atomic E-state index is 0.511. The number of nitrogens with one attached hydrogen (secondary N) is 1. The van der Waals surface area contributed by atoms with Crippen LogP contribution in [0.15, 0.2) is 12.3 Å². The van der Waals surface area contributed by atoms with Crippen molar-refractivity contribution in [2.45, 2.75) is 52.6 Å². The molecule has 15 heavy (non-hydrogen) atoms. The highest BCUT2D eigenvalue weighted by atomic mass is 15.3. The summed E-state index contributed by atoms with van der Waals surface area (Å²) in [6.45, 7) is 9.72. The highest BCUT2D eigenvalue weighted by Crippen LogP contribution is 2.09. The molecule has 0 fully saturated rings. The van der Waals surface area contributed by atoms with Crippen molar-refractivity contribution in [3.05, 3.63) is 18.0 Å². The first-order valence-electron chi connectivity index (χ1n) is 5.91. The van der Waals surface area contributed by atoms with Crippen molar-refractivity contribution in [1.29, 1.82) is 0 Å². The highest BCUT2D eigenvalue weighted by molar-refractivity contribution is 5.00. The second-order valence-electron chi connectivity index (χ2n) is 4.40. The van der Waals surface area contributed by atoms with E-state index in [4.69, 9.17) is 0 Å². The third kappa shape index (κ3) is 4.04. The summed E-state index contributed by atoms with van der Waals surface area (Å²) in [6.07, 6.45) is 4.23. The van der Waals surface area contributed by atoms with Gasteiger partial charge in [0.2, 0.25) is 0 Å². The second-order valence-corrected chi connectivity index (χ2v) is 4.40. The van der Waals surface area contributed by atoms with Crippen LogP contribution in [0.2, 0.25) is 0 Å². The quantitative estimate of drug-likeness (QED) is 0.779. The average molecular weight is 209 g/mol. The molecule has 86 valence electrons. The van der Waals surface area contributed by atoms with Gasteiger partial charge in [0.1, 0.15) is 0 Å². The molecule has 3 heteroatoms. The van der Waals surface area contributed by atoms with Crippen molar-refractivity contribution in [3.8, 4) is 0 Å². The minimum atomic E-state index is 0.511. The third-order valence-electron chi connectivity index (χ3n) is 2.64. The monoisotopic (exact) mass is 209 g/mol. The molecule has 0 amide bonds. The van der Waals surface area contributed by atoms with Gasteiger partial charge in [-0.1, -0.05) is 20.8 Å². The Labute approximate surface area is 92.9 Å². The van der Waals surface area contributed by atoms with Crippen molar-refractivity contribution >= 4 is 0 Å². The Balaban J connectivity index is 2.39. The fourth-order valence-corrected chi connectivity index (χ4v) is 1.43. The Bertz CT molecular complexity index is 278. The number of hydrogen-bond acceptors (Lipinski definition) is 2. The average Bonchev–Trinajstić information content (AvgIpc) is 2.65. The summed E-state index contributed by atoms with van der Waals surface area (Å²) in [6, 6.07) is 3.19. The van der Waals surface area contributed by atoms with Crippen LogP contribution in [0.3, 0.4) is 0 Å². The minimum Gasteiger partial charge on any atom is -0.314 e. The zero-order chi connectivity index (χ0) is 11.3. The van der Waals surface area contributed by atoms with Crippen molar-refractivity contribution in [2.24, 2.45) is 0 Å². The molecular formula is C12H23N3. The molecule has 0 aromatic carbocycles.